The van der Waals surface area contributed by atoms with Crippen LogP contribution in [0, 0.1) is 17.0 Å². The third kappa shape index (κ3) is 3.42. The van der Waals surface area contributed by atoms with Gasteiger partial charge >= 0.3 is 0 Å². The third-order valence-corrected chi connectivity index (χ3v) is 5.45. The fourth-order valence-electron chi connectivity index (χ4n) is 2.50. The lowest BCUT2D eigenvalue weighted by molar-refractivity contribution is -0.385. The zero-order valence-corrected chi connectivity index (χ0v) is 14.4. The molecule has 2 aromatic carbocycles. The average Bonchev–Trinajstić information content (AvgIpc) is 3.01. The summed E-state index contributed by atoms with van der Waals surface area (Å²) in [5.41, 5.74) is 0.848. The number of hydrogen-bond donors (Lipinski definition) is 1. The van der Waals surface area contributed by atoms with Gasteiger partial charge in [0.1, 0.15) is 0 Å². The summed E-state index contributed by atoms with van der Waals surface area (Å²) in [7, 11) is -3.92. The maximum absolute atomic E-state index is 12.5. The van der Waals surface area contributed by atoms with E-state index in [-0.39, 0.29) is 17.4 Å². The maximum Gasteiger partial charge on any atom is 0.273 e. The van der Waals surface area contributed by atoms with Crippen LogP contribution in [0.5, 0.6) is 11.5 Å². The highest BCUT2D eigenvalue weighted by Gasteiger charge is 2.23. The molecule has 132 valence electrons. The van der Waals surface area contributed by atoms with Crippen molar-refractivity contribution in [2.45, 2.75) is 24.8 Å². The molecule has 9 heteroatoms. The number of ether oxygens (including phenoxy) is 2. The Kier molecular flexibility index (Phi) is 4.36. The van der Waals surface area contributed by atoms with Gasteiger partial charge < -0.3 is 9.47 Å². The largest absolute Gasteiger partial charge is 0.454 e. The first kappa shape index (κ1) is 17.2. The van der Waals surface area contributed by atoms with Crippen molar-refractivity contribution >= 4 is 15.7 Å². The highest BCUT2D eigenvalue weighted by molar-refractivity contribution is 7.89. The summed E-state index contributed by atoms with van der Waals surface area (Å²) < 4.78 is 38.1. The van der Waals surface area contributed by atoms with Crippen LogP contribution in [0.3, 0.4) is 0 Å². The summed E-state index contributed by atoms with van der Waals surface area (Å²) >= 11 is 0. The Hall–Kier alpha value is -2.65. The summed E-state index contributed by atoms with van der Waals surface area (Å²) in [5, 5.41) is 11.0. The molecule has 0 radical (unpaired) electrons. The second-order valence-corrected chi connectivity index (χ2v) is 7.38. The van der Waals surface area contributed by atoms with Crippen molar-refractivity contribution in [3.63, 3.8) is 0 Å². The molecule has 1 N–H and O–H groups in total. The van der Waals surface area contributed by atoms with Crippen molar-refractivity contribution in [3.05, 3.63) is 57.6 Å². The number of nitrogens with one attached hydrogen (secondary N) is 1. The lowest BCUT2D eigenvalue weighted by atomic mass is 10.1. The standard InChI is InChI=1S/C16H16N2O6S/c1-10-3-5-13(8-14(10)18(19)20)25(21,22)17-11(2)12-4-6-15-16(7-12)24-9-23-15/h3-8,11,17H,9H2,1-2H3. The van der Waals surface area contributed by atoms with Crippen LogP contribution in [0.25, 0.3) is 0 Å². The number of rotatable bonds is 5. The van der Waals surface area contributed by atoms with E-state index in [0.29, 0.717) is 22.6 Å². The molecule has 1 unspecified atom stereocenters. The van der Waals surface area contributed by atoms with Gasteiger partial charge in [0.05, 0.1) is 9.82 Å². The molecule has 8 nitrogen and oxygen atoms in total. The van der Waals surface area contributed by atoms with Crippen LogP contribution in [0.1, 0.15) is 24.1 Å². The molecule has 2 aromatic rings. The average molecular weight is 364 g/mol. The number of sulfonamides is 1. The number of fused-ring (bicyclic) bond motifs is 1. The first-order valence-corrected chi connectivity index (χ1v) is 8.93. The first-order valence-electron chi connectivity index (χ1n) is 7.45. The molecular formula is C16H16N2O6S. The lowest BCUT2D eigenvalue weighted by Crippen LogP contribution is -2.27. The van der Waals surface area contributed by atoms with Gasteiger partial charge in [0.15, 0.2) is 11.5 Å². The lowest BCUT2D eigenvalue weighted by Gasteiger charge is -2.15. The molecule has 0 amide bonds. The minimum atomic E-state index is -3.92. The van der Waals surface area contributed by atoms with E-state index < -0.39 is 21.0 Å². The van der Waals surface area contributed by atoms with Gasteiger partial charge in [-0.3, -0.25) is 10.1 Å². The number of benzene rings is 2. The molecule has 3 rings (SSSR count). The predicted octanol–water partition coefficient (Wildman–Crippen LogP) is 2.67. The van der Waals surface area contributed by atoms with E-state index in [2.05, 4.69) is 4.72 Å². The Morgan fingerprint density at radius 1 is 1.16 bits per heavy atom. The van der Waals surface area contributed by atoms with Gasteiger partial charge in [-0.15, -0.1) is 0 Å². The van der Waals surface area contributed by atoms with Gasteiger partial charge in [0, 0.05) is 17.7 Å². The SMILES string of the molecule is Cc1ccc(S(=O)(=O)NC(C)c2ccc3c(c2)OCO3)cc1[N+](=O)[O-]. The fraction of sp³-hybridized carbons (Fsp3) is 0.250. The molecule has 1 heterocycles. The highest BCUT2D eigenvalue weighted by Crippen LogP contribution is 2.34. The van der Waals surface area contributed by atoms with Gasteiger partial charge in [-0.25, -0.2) is 13.1 Å². The predicted molar refractivity (Wildman–Crippen MR) is 89.1 cm³/mol. The molecule has 0 fully saturated rings. The highest BCUT2D eigenvalue weighted by atomic mass is 32.2. The van der Waals surface area contributed by atoms with E-state index in [1.807, 2.05) is 0 Å². The van der Waals surface area contributed by atoms with Crippen molar-refractivity contribution in [2.24, 2.45) is 0 Å². The fourth-order valence-corrected chi connectivity index (χ4v) is 3.76. The zero-order chi connectivity index (χ0) is 18.2. The number of nitrogens with zero attached hydrogens (tertiary/aromatic N) is 1. The Labute approximate surface area is 144 Å². The Bertz CT molecular complexity index is 942. The minimum Gasteiger partial charge on any atom is -0.454 e. The molecule has 0 spiro atoms. The van der Waals surface area contributed by atoms with Crippen LogP contribution in [0.15, 0.2) is 41.3 Å². The number of nitro groups is 1. The van der Waals surface area contributed by atoms with E-state index in [0.717, 1.165) is 6.07 Å². The summed E-state index contributed by atoms with van der Waals surface area (Å²) in [6.07, 6.45) is 0. The van der Waals surface area contributed by atoms with Gasteiger partial charge in [-0.1, -0.05) is 12.1 Å². The van der Waals surface area contributed by atoms with Crippen LogP contribution >= 0.6 is 0 Å². The first-order chi connectivity index (χ1) is 11.8. The third-order valence-electron chi connectivity index (χ3n) is 3.92. The van der Waals surface area contributed by atoms with Gasteiger partial charge in [-0.2, -0.15) is 0 Å². The Balaban J connectivity index is 1.86. The van der Waals surface area contributed by atoms with Crippen LogP contribution in [-0.2, 0) is 10.0 Å². The number of aryl methyl sites for hydroxylation is 1. The van der Waals surface area contributed by atoms with Crippen molar-refractivity contribution in [3.8, 4) is 11.5 Å². The minimum absolute atomic E-state index is 0.131. The Morgan fingerprint density at radius 3 is 2.60 bits per heavy atom. The van der Waals surface area contributed by atoms with E-state index in [4.69, 9.17) is 9.47 Å². The molecule has 0 saturated heterocycles. The molecule has 0 aliphatic carbocycles. The molecule has 0 bridgehead atoms. The van der Waals surface area contributed by atoms with Gasteiger partial charge in [0.25, 0.3) is 5.69 Å². The molecule has 0 aromatic heterocycles. The van der Waals surface area contributed by atoms with E-state index in [1.165, 1.54) is 12.1 Å². The molecule has 0 saturated carbocycles. The summed E-state index contributed by atoms with van der Waals surface area (Å²) in [6.45, 7) is 3.36. The normalized spacial score (nSPS) is 14.3. The summed E-state index contributed by atoms with van der Waals surface area (Å²) in [6, 6.07) is 8.41. The van der Waals surface area contributed by atoms with Crippen LogP contribution in [0.2, 0.25) is 0 Å². The van der Waals surface area contributed by atoms with E-state index >= 15 is 0 Å². The van der Waals surface area contributed by atoms with Crippen LogP contribution in [-0.4, -0.2) is 20.1 Å². The monoisotopic (exact) mass is 364 g/mol. The van der Waals surface area contributed by atoms with Gasteiger partial charge in [-0.05, 0) is 37.6 Å². The van der Waals surface area contributed by atoms with E-state index in [1.54, 1.807) is 32.0 Å². The Morgan fingerprint density at radius 2 is 1.88 bits per heavy atom. The van der Waals surface area contributed by atoms with Crippen molar-refractivity contribution in [2.75, 3.05) is 6.79 Å². The van der Waals surface area contributed by atoms with Crippen LogP contribution < -0.4 is 14.2 Å². The van der Waals surface area contributed by atoms with Crippen LogP contribution in [0.4, 0.5) is 5.69 Å². The summed E-state index contributed by atoms with van der Waals surface area (Å²) in [4.78, 5) is 10.3. The number of nitro benzene ring substituents is 1. The number of hydrogen-bond acceptors (Lipinski definition) is 6. The molecule has 1 aliphatic heterocycles. The van der Waals surface area contributed by atoms with Gasteiger partial charge in [0.2, 0.25) is 16.8 Å². The summed E-state index contributed by atoms with van der Waals surface area (Å²) in [5.74, 6) is 1.16. The van der Waals surface area contributed by atoms with E-state index in [9.17, 15) is 18.5 Å². The van der Waals surface area contributed by atoms with Crippen molar-refractivity contribution < 1.29 is 22.8 Å². The molecular weight excluding hydrogens is 348 g/mol. The zero-order valence-electron chi connectivity index (χ0n) is 13.6. The molecule has 1 aliphatic rings. The molecule has 25 heavy (non-hydrogen) atoms. The second kappa shape index (κ2) is 6.34. The quantitative estimate of drug-likeness (QED) is 0.645. The molecule has 1 atom stereocenters. The maximum atomic E-state index is 12.5. The smallest absolute Gasteiger partial charge is 0.273 e. The van der Waals surface area contributed by atoms with Crippen molar-refractivity contribution in [1.82, 2.24) is 4.72 Å². The topological polar surface area (TPSA) is 108 Å². The second-order valence-electron chi connectivity index (χ2n) is 5.66. The van der Waals surface area contributed by atoms with Crippen molar-refractivity contribution in [1.29, 1.82) is 0 Å².